The summed E-state index contributed by atoms with van der Waals surface area (Å²) >= 11 is 0. The molecule has 1 saturated carbocycles. The van der Waals surface area contributed by atoms with Crippen LogP contribution in [0.1, 0.15) is 44.1 Å². The number of hydrogen-bond acceptors (Lipinski definition) is 3. The van der Waals surface area contributed by atoms with Crippen molar-refractivity contribution in [2.75, 3.05) is 4.90 Å². The van der Waals surface area contributed by atoms with Crippen LogP contribution in [0.25, 0.3) is 0 Å². The number of aliphatic hydroxyl groups excluding tert-OH is 1. The summed E-state index contributed by atoms with van der Waals surface area (Å²) in [6.07, 6.45) is 5.98. The van der Waals surface area contributed by atoms with Crippen molar-refractivity contribution in [3.63, 3.8) is 0 Å². The fourth-order valence-corrected chi connectivity index (χ4v) is 4.05. The van der Waals surface area contributed by atoms with Gasteiger partial charge in [-0.1, -0.05) is 12.1 Å². The van der Waals surface area contributed by atoms with Gasteiger partial charge in [-0.05, 0) is 50.2 Å². The van der Waals surface area contributed by atoms with Crippen molar-refractivity contribution in [1.29, 1.82) is 0 Å². The third kappa shape index (κ3) is 2.55. The van der Waals surface area contributed by atoms with Crippen molar-refractivity contribution < 1.29 is 9.50 Å². The Labute approximate surface area is 125 Å². The van der Waals surface area contributed by atoms with E-state index < -0.39 is 0 Å². The van der Waals surface area contributed by atoms with Crippen molar-refractivity contribution >= 4 is 5.69 Å². The number of anilines is 1. The van der Waals surface area contributed by atoms with Crippen molar-refractivity contribution in [3.8, 4) is 0 Å². The molecule has 2 atom stereocenters. The summed E-state index contributed by atoms with van der Waals surface area (Å²) in [5.74, 6) is -0.113. The van der Waals surface area contributed by atoms with Gasteiger partial charge in [0, 0.05) is 24.7 Å². The molecule has 2 saturated heterocycles. The molecule has 2 N–H and O–H groups in total. The van der Waals surface area contributed by atoms with Crippen LogP contribution in [0, 0.1) is 5.82 Å². The highest BCUT2D eigenvalue weighted by Crippen LogP contribution is 2.41. The van der Waals surface area contributed by atoms with E-state index in [0.717, 1.165) is 43.5 Å². The molecule has 3 aliphatic rings. The molecule has 2 unspecified atom stereocenters. The lowest BCUT2D eigenvalue weighted by molar-refractivity contribution is 0.126. The molecule has 0 spiro atoms. The SMILES string of the molecule is OC1CC2CCC(C1)N2c1c(F)cccc1CNC1CC1. The van der Waals surface area contributed by atoms with Crippen LogP contribution in [-0.2, 0) is 6.54 Å². The minimum absolute atomic E-state index is 0.113. The molecule has 3 nitrogen and oxygen atoms in total. The van der Waals surface area contributed by atoms with E-state index in [9.17, 15) is 9.50 Å². The Morgan fingerprint density at radius 1 is 1.14 bits per heavy atom. The van der Waals surface area contributed by atoms with Gasteiger partial charge >= 0.3 is 0 Å². The maximum Gasteiger partial charge on any atom is 0.146 e. The molecular weight excluding hydrogens is 267 g/mol. The Kier molecular flexibility index (Phi) is 3.38. The summed E-state index contributed by atoms with van der Waals surface area (Å²) < 4.78 is 14.5. The third-order valence-electron chi connectivity index (χ3n) is 5.20. The number of nitrogens with zero attached hydrogens (tertiary/aromatic N) is 1. The van der Waals surface area contributed by atoms with Gasteiger partial charge in [0.15, 0.2) is 0 Å². The van der Waals surface area contributed by atoms with E-state index in [0.29, 0.717) is 18.1 Å². The Morgan fingerprint density at radius 2 is 1.86 bits per heavy atom. The minimum Gasteiger partial charge on any atom is -0.393 e. The van der Waals surface area contributed by atoms with Gasteiger partial charge in [0.05, 0.1) is 11.8 Å². The third-order valence-corrected chi connectivity index (χ3v) is 5.20. The van der Waals surface area contributed by atoms with Crippen molar-refractivity contribution in [2.24, 2.45) is 0 Å². The molecule has 0 amide bonds. The van der Waals surface area contributed by atoms with Crippen molar-refractivity contribution in [3.05, 3.63) is 29.6 Å². The van der Waals surface area contributed by atoms with Gasteiger partial charge in [-0.2, -0.15) is 0 Å². The number of fused-ring (bicyclic) bond motifs is 2. The van der Waals surface area contributed by atoms with Crippen LogP contribution in [-0.4, -0.2) is 29.3 Å². The number of piperidine rings is 1. The zero-order valence-electron chi connectivity index (χ0n) is 12.3. The molecule has 2 bridgehead atoms. The molecule has 1 aromatic carbocycles. The van der Waals surface area contributed by atoms with Crippen LogP contribution in [0.5, 0.6) is 0 Å². The smallest absolute Gasteiger partial charge is 0.146 e. The summed E-state index contributed by atoms with van der Waals surface area (Å²) in [6.45, 7) is 0.746. The van der Waals surface area contributed by atoms with Gasteiger partial charge in [-0.25, -0.2) is 4.39 Å². The predicted molar refractivity (Wildman–Crippen MR) is 80.8 cm³/mol. The van der Waals surface area contributed by atoms with Crippen molar-refractivity contribution in [1.82, 2.24) is 5.32 Å². The van der Waals surface area contributed by atoms with E-state index in [4.69, 9.17) is 0 Å². The van der Waals surface area contributed by atoms with Gasteiger partial charge in [-0.3, -0.25) is 0 Å². The van der Waals surface area contributed by atoms with E-state index >= 15 is 0 Å². The number of aliphatic hydroxyl groups is 1. The minimum atomic E-state index is -0.210. The van der Waals surface area contributed by atoms with E-state index in [-0.39, 0.29) is 11.9 Å². The number of hydrogen-bond donors (Lipinski definition) is 2. The van der Waals surface area contributed by atoms with E-state index in [2.05, 4.69) is 10.2 Å². The molecule has 2 heterocycles. The standard InChI is InChI=1S/C17H23FN2O/c18-16-3-1-2-11(10-19-12-4-5-12)17(16)20-13-6-7-14(20)9-15(21)8-13/h1-3,12-15,19,21H,4-10H2. The fourth-order valence-electron chi connectivity index (χ4n) is 4.05. The normalized spacial score (nSPS) is 31.7. The zero-order valence-corrected chi connectivity index (χ0v) is 12.3. The molecule has 0 radical (unpaired) electrons. The van der Waals surface area contributed by atoms with Crippen LogP contribution in [0.3, 0.4) is 0 Å². The first kappa shape index (κ1) is 13.5. The molecule has 1 aliphatic carbocycles. The Bertz CT molecular complexity index is 518. The highest BCUT2D eigenvalue weighted by atomic mass is 19.1. The highest BCUT2D eigenvalue weighted by molar-refractivity contribution is 5.58. The molecule has 3 fully saturated rings. The van der Waals surface area contributed by atoms with Crippen LogP contribution >= 0.6 is 0 Å². The number of rotatable bonds is 4. The summed E-state index contributed by atoms with van der Waals surface area (Å²) in [5.41, 5.74) is 1.85. The second-order valence-electron chi connectivity index (χ2n) is 6.82. The quantitative estimate of drug-likeness (QED) is 0.894. The second-order valence-corrected chi connectivity index (χ2v) is 6.82. The van der Waals surface area contributed by atoms with E-state index in [1.807, 2.05) is 12.1 Å². The largest absolute Gasteiger partial charge is 0.393 e. The van der Waals surface area contributed by atoms with Crippen LogP contribution in [0.15, 0.2) is 18.2 Å². The number of halogens is 1. The van der Waals surface area contributed by atoms with E-state index in [1.165, 1.54) is 12.8 Å². The molecule has 0 aromatic heterocycles. The molecular formula is C17H23FN2O. The molecule has 114 valence electrons. The lowest BCUT2D eigenvalue weighted by Crippen LogP contribution is -2.45. The highest BCUT2D eigenvalue weighted by Gasteiger charge is 2.41. The lowest BCUT2D eigenvalue weighted by atomic mass is 9.97. The average molecular weight is 290 g/mol. The molecule has 21 heavy (non-hydrogen) atoms. The number of nitrogens with one attached hydrogen (secondary N) is 1. The topological polar surface area (TPSA) is 35.5 Å². The fraction of sp³-hybridized carbons (Fsp3) is 0.647. The van der Waals surface area contributed by atoms with Gasteiger partial charge in [-0.15, -0.1) is 0 Å². The number of para-hydroxylation sites is 1. The van der Waals surface area contributed by atoms with Gasteiger partial charge in [0.25, 0.3) is 0 Å². The first-order valence-electron chi connectivity index (χ1n) is 8.19. The molecule has 4 heteroatoms. The second kappa shape index (κ2) is 5.25. The van der Waals surface area contributed by atoms with Crippen LogP contribution in [0.4, 0.5) is 10.1 Å². The predicted octanol–water partition coefficient (Wildman–Crippen LogP) is 2.57. The van der Waals surface area contributed by atoms with Crippen LogP contribution in [0.2, 0.25) is 0 Å². The first-order valence-corrected chi connectivity index (χ1v) is 8.19. The first-order chi connectivity index (χ1) is 10.2. The summed E-state index contributed by atoms with van der Waals surface area (Å²) in [4.78, 5) is 2.27. The summed E-state index contributed by atoms with van der Waals surface area (Å²) in [6, 6.07) is 6.65. The molecule has 2 aliphatic heterocycles. The van der Waals surface area contributed by atoms with Crippen LogP contribution < -0.4 is 10.2 Å². The summed E-state index contributed by atoms with van der Waals surface area (Å²) in [5, 5.41) is 13.4. The Hall–Kier alpha value is -1.13. The Balaban J connectivity index is 1.63. The number of benzene rings is 1. The monoisotopic (exact) mass is 290 g/mol. The van der Waals surface area contributed by atoms with Crippen molar-refractivity contribution in [2.45, 2.75) is 69.3 Å². The average Bonchev–Trinajstić information content (AvgIpc) is 3.24. The zero-order chi connectivity index (χ0) is 14.4. The van der Waals surface area contributed by atoms with Gasteiger partial charge in [0.1, 0.15) is 5.82 Å². The Morgan fingerprint density at radius 3 is 2.52 bits per heavy atom. The van der Waals surface area contributed by atoms with Gasteiger partial charge < -0.3 is 15.3 Å². The molecule has 1 aromatic rings. The summed E-state index contributed by atoms with van der Waals surface area (Å²) in [7, 11) is 0. The van der Waals surface area contributed by atoms with Gasteiger partial charge in [0.2, 0.25) is 0 Å². The van der Waals surface area contributed by atoms with E-state index in [1.54, 1.807) is 6.07 Å². The molecule has 4 rings (SSSR count). The lowest BCUT2D eigenvalue weighted by Gasteiger charge is -2.40. The maximum absolute atomic E-state index is 14.5. The maximum atomic E-state index is 14.5.